The van der Waals surface area contributed by atoms with Gasteiger partial charge in [0.15, 0.2) is 0 Å². The SMILES string of the molecule is CC=c1cc[nH]c1=CC=S. The summed E-state index contributed by atoms with van der Waals surface area (Å²) in [5.74, 6) is 0. The number of thiocarbonyl (C=S) groups is 1. The van der Waals surface area contributed by atoms with E-state index in [0.717, 1.165) is 5.35 Å². The zero-order chi connectivity index (χ0) is 7.40. The van der Waals surface area contributed by atoms with Gasteiger partial charge in [0.2, 0.25) is 0 Å². The molecule has 0 bridgehead atoms. The minimum absolute atomic E-state index is 1.08. The molecular weight excluding hydrogens is 142 g/mol. The Morgan fingerprint density at radius 1 is 1.60 bits per heavy atom. The summed E-state index contributed by atoms with van der Waals surface area (Å²) in [5, 5.41) is 3.89. The first-order valence-electron chi connectivity index (χ1n) is 3.13. The summed E-state index contributed by atoms with van der Waals surface area (Å²) in [6.45, 7) is 2.00. The van der Waals surface area contributed by atoms with Crippen molar-refractivity contribution in [3.63, 3.8) is 0 Å². The Morgan fingerprint density at radius 2 is 2.40 bits per heavy atom. The Labute approximate surface area is 65.1 Å². The molecule has 1 aromatic heterocycles. The number of H-pyrrole nitrogens is 1. The average Bonchev–Trinajstić information content (AvgIpc) is 2.36. The van der Waals surface area contributed by atoms with E-state index < -0.39 is 0 Å². The number of aromatic nitrogens is 1. The second-order valence-electron chi connectivity index (χ2n) is 1.94. The molecule has 0 atom stereocenters. The molecule has 52 valence electrons. The Bertz CT molecular complexity index is 321. The van der Waals surface area contributed by atoms with Crippen molar-refractivity contribution in [2.45, 2.75) is 6.92 Å². The quantitative estimate of drug-likeness (QED) is 0.581. The fourth-order valence-electron chi connectivity index (χ4n) is 0.858. The van der Waals surface area contributed by atoms with Gasteiger partial charge in [-0.15, -0.1) is 0 Å². The van der Waals surface area contributed by atoms with Gasteiger partial charge in [-0.1, -0.05) is 18.3 Å². The fraction of sp³-hybridized carbons (Fsp3) is 0.125. The minimum Gasteiger partial charge on any atom is -0.361 e. The van der Waals surface area contributed by atoms with Crippen LogP contribution in [0.5, 0.6) is 0 Å². The molecule has 0 unspecified atom stereocenters. The summed E-state index contributed by atoms with van der Waals surface area (Å²) >= 11 is 4.69. The minimum atomic E-state index is 1.08. The summed E-state index contributed by atoms with van der Waals surface area (Å²) in [7, 11) is 0. The maximum Gasteiger partial charge on any atom is 0.0458 e. The Kier molecular flexibility index (Phi) is 2.40. The molecule has 0 aliphatic carbocycles. The van der Waals surface area contributed by atoms with Crippen molar-refractivity contribution in [2.75, 3.05) is 0 Å². The van der Waals surface area contributed by atoms with Crippen molar-refractivity contribution < 1.29 is 0 Å². The van der Waals surface area contributed by atoms with Gasteiger partial charge in [-0.3, -0.25) is 0 Å². The van der Waals surface area contributed by atoms with Crippen LogP contribution >= 0.6 is 12.2 Å². The van der Waals surface area contributed by atoms with Crippen LogP contribution in [0, 0.1) is 0 Å². The van der Waals surface area contributed by atoms with Gasteiger partial charge in [-0.05, 0) is 24.3 Å². The topological polar surface area (TPSA) is 15.8 Å². The second kappa shape index (κ2) is 3.32. The summed E-state index contributed by atoms with van der Waals surface area (Å²) in [4.78, 5) is 3.07. The second-order valence-corrected chi connectivity index (χ2v) is 2.21. The van der Waals surface area contributed by atoms with E-state index in [-0.39, 0.29) is 0 Å². The van der Waals surface area contributed by atoms with Crippen LogP contribution in [0.1, 0.15) is 6.92 Å². The zero-order valence-corrected chi connectivity index (χ0v) is 6.61. The first-order valence-corrected chi connectivity index (χ1v) is 3.61. The predicted octanol–water partition coefficient (Wildman–Crippen LogP) is 0.595. The van der Waals surface area contributed by atoms with Crippen molar-refractivity contribution in [1.82, 2.24) is 4.98 Å². The highest BCUT2D eigenvalue weighted by molar-refractivity contribution is 7.79. The summed E-state index contributed by atoms with van der Waals surface area (Å²) in [6, 6.07) is 2.02. The van der Waals surface area contributed by atoms with Gasteiger partial charge in [0.1, 0.15) is 0 Å². The van der Waals surface area contributed by atoms with E-state index in [0.29, 0.717) is 0 Å². The molecule has 0 aliphatic heterocycles. The molecule has 1 N–H and O–H groups in total. The van der Waals surface area contributed by atoms with Crippen molar-refractivity contribution in [1.29, 1.82) is 0 Å². The van der Waals surface area contributed by atoms with E-state index in [1.54, 1.807) is 5.37 Å². The molecule has 0 radical (unpaired) electrons. The molecule has 1 heterocycles. The molecule has 0 saturated carbocycles. The third-order valence-corrected chi connectivity index (χ3v) is 1.49. The van der Waals surface area contributed by atoms with E-state index in [2.05, 4.69) is 4.98 Å². The number of rotatable bonds is 1. The van der Waals surface area contributed by atoms with Gasteiger partial charge in [0, 0.05) is 16.9 Å². The summed E-state index contributed by atoms with van der Waals surface area (Å²) in [6.07, 6.45) is 5.83. The van der Waals surface area contributed by atoms with Crippen LogP contribution in [0.25, 0.3) is 12.2 Å². The maximum atomic E-state index is 4.69. The van der Waals surface area contributed by atoms with E-state index in [1.165, 1.54) is 5.22 Å². The Balaban J connectivity index is 3.41. The first kappa shape index (κ1) is 7.22. The van der Waals surface area contributed by atoms with E-state index in [1.807, 2.05) is 31.3 Å². The molecule has 0 saturated heterocycles. The number of hydrogen-bond donors (Lipinski definition) is 1. The first-order chi connectivity index (χ1) is 4.88. The van der Waals surface area contributed by atoms with Crippen LogP contribution in [0.3, 0.4) is 0 Å². The largest absolute Gasteiger partial charge is 0.361 e. The average molecular weight is 151 g/mol. The highest BCUT2D eigenvalue weighted by Gasteiger charge is 1.79. The van der Waals surface area contributed by atoms with Gasteiger partial charge in [-0.25, -0.2) is 0 Å². The molecule has 0 spiro atoms. The zero-order valence-electron chi connectivity index (χ0n) is 5.79. The van der Waals surface area contributed by atoms with E-state index in [4.69, 9.17) is 12.2 Å². The molecule has 0 amide bonds. The van der Waals surface area contributed by atoms with Gasteiger partial charge < -0.3 is 4.98 Å². The van der Waals surface area contributed by atoms with Crippen LogP contribution in [-0.2, 0) is 0 Å². The molecule has 1 aromatic rings. The number of nitrogens with one attached hydrogen (secondary N) is 1. The normalized spacial score (nSPS) is 14.1. The molecule has 1 nitrogen and oxygen atoms in total. The van der Waals surface area contributed by atoms with Crippen LogP contribution in [0.15, 0.2) is 12.3 Å². The summed E-state index contributed by atoms with van der Waals surface area (Å²) in [5.41, 5.74) is 0. The lowest BCUT2D eigenvalue weighted by molar-refractivity contribution is 1.32. The Hall–Kier alpha value is -0.890. The molecule has 10 heavy (non-hydrogen) atoms. The highest BCUT2D eigenvalue weighted by Crippen LogP contribution is 1.63. The van der Waals surface area contributed by atoms with Crippen LogP contribution in [-0.4, -0.2) is 10.4 Å². The molecule has 0 aliphatic rings. The third kappa shape index (κ3) is 1.33. The predicted molar refractivity (Wildman–Crippen MR) is 48.3 cm³/mol. The number of hydrogen-bond acceptors (Lipinski definition) is 1. The fourth-order valence-corrected chi connectivity index (χ4v) is 0.995. The van der Waals surface area contributed by atoms with Crippen molar-refractivity contribution in [3.05, 3.63) is 22.8 Å². The molecule has 0 aromatic carbocycles. The van der Waals surface area contributed by atoms with Gasteiger partial charge in [0.25, 0.3) is 0 Å². The third-order valence-electron chi connectivity index (χ3n) is 1.36. The lowest BCUT2D eigenvalue weighted by atomic mass is 10.4. The monoisotopic (exact) mass is 151 g/mol. The molecule has 1 rings (SSSR count). The van der Waals surface area contributed by atoms with Crippen LogP contribution < -0.4 is 10.6 Å². The highest BCUT2D eigenvalue weighted by atomic mass is 32.1. The molecule has 2 heteroatoms. The Morgan fingerprint density at radius 3 is 3.00 bits per heavy atom. The van der Waals surface area contributed by atoms with E-state index in [9.17, 15) is 0 Å². The van der Waals surface area contributed by atoms with E-state index >= 15 is 0 Å². The maximum absolute atomic E-state index is 4.69. The standard InChI is InChI=1S/C8H9NS/c1-2-7-3-5-9-8(7)4-6-10/h2-6,9H,1H3. The van der Waals surface area contributed by atoms with Crippen molar-refractivity contribution >= 4 is 29.7 Å². The van der Waals surface area contributed by atoms with Gasteiger partial charge in [0.05, 0.1) is 0 Å². The lowest BCUT2D eigenvalue weighted by Gasteiger charge is -1.73. The molecular formula is C8H9NS. The summed E-state index contributed by atoms with van der Waals surface area (Å²) < 4.78 is 0. The molecule has 0 fully saturated rings. The lowest BCUT2D eigenvalue weighted by Crippen LogP contribution is -2.21. The van der Waals surface area contributed by atoms with Crippen molar-refractivity contribution in [3.8, 4) is 0 Å². The smallest absolute Gasteiger partial charge is 0.0458 e. The number of aromatic amines is 1. The van der Waals surface area contributed by atoms with Crippen LogP contribution in [0.2, 0.25) is 0 Å². The van der Waals surface area contributed by atoms with Gasteiger partial charge in [-0.2, -0.15) is 0 Å². The van der Waals surface area contributed by atoms with Crippen LogP contribution in [0.4, 0.5) is 0 Å². The van der Waals surface area contributed by atoms with Crippen molar-refractivity contribution in [2.24, 2.45) is 0 Å². The van der Waals surface area contributed by atoms with Gasteiger partial charge >= 0.3 is 0 Å².